The third kappa shape index (κ3) is 4.19. The largest absolute Gasteiger partial charge is 0.416 e. The number of aromatic nitrogens is 1. The molecule has 8 heteroatoms. The van der Waals surface area contributed by atoms with Crippen molar-refractivity contribution in [1.29, 1.82) is 0 Å². The highest BCUT2D eigenvalue weighted by molar-refractivity contribution is 5.97. The minimum Gasteiger partial charge on any atom is -0.338 e. The predicted octanol–water partition coefficient (Wildman–Crippen LogP) is 3.09. The van der Waals surface area contributed by atoms with E-state index < -0.39 is 17.7 Å². The first-order valence-corrected chi connectivity index (χ1v) is 7.98. The number of amides is 2. The fraction of sp³-hybridized carbons (Fsp3) is 0.278. The summed E-state index contributed by atoms with van der Waals surface area (Å²) in [4.78, 5) is 29.7. The van der Waals surface area contributed by atoms with Crippen LogP contribution in [0.3, 0.4) is 0 Å². The van der Waals surface area contributed by atoms with Crippen LogP contribution < -0.4 is 5.32 Å². The van der Waals surface area contributed by atoms with Gasteiger partial charge in [0, 0.05) is 25.7 Å². The number of pyridine rings is 1. The van der Waals surface area contributed by atoms with Gasteiger partial charge in [-0.1, -0.05) is 12.1 Å². The van der Waals surface area contributed by atoms with E-state index in [-0.39, 0.29) is 31.3 Å². The monoisotopic (exact) mass is 363 g/mol. The van der Waals surface area contributed by atoms with Crippen molar-refractivity contribution in [3.8, 4) is 0 Å². The number of hydrogen-bond donors (Lipinski definition) is 1. The Morgan fingerprint density at radius 1 is 1.27 bits per heavy atom. The lowest BCUT2D eigenvalue weighted by Crippen LogP contribution is -2.28. The SMILES string of the molecule is O=C(Nc1cccnc1)[C@H]1CC(=O)N(Cc2cccc(C(F)(F)F)c2)C1. The lowest BCUT2D eigenvalue weighted by Gasteiger charge is -2.17. The van der Waals surface area contributed by atoms with Crippen molar-refractivity contribution in [2.75, 3.05) is 11.9 Å². The van der Waals surface area contributed by atoms with E-state index in [9.17, 15) is 22.8 Å². The van der Waals surface area contributed by atoms with Crippen LogP contribution in [0.25, 0.3) is 0 Å². The van der Waals surface area contributed by atoms with Crippen molar-refractivity contribution >= 4 is 17.5 Å². The summed E-state index contributed by atoms with van der Waals surface area (Å²) in [6.45, 7) is 0.209. The Bertz CT molecular complexity index is 809. The number of carbonyl (C=O) groups is 2. The molecule has 1 aromatic heterocycles. The highest BCUT2D eigenvalue weighted by Crippen LogP contribution is 2.30. The zero-order chi connectivity index (χ0) is 18.7. The van der Waals surface area contributed by atoms with Gasteiger partial charge in [-0.05, 0) is 29.8 Å². The zero-order valence-corrected chi connectivity index (χ0v) is 13.7. The fourth-order valence-corrected chi connectivity index (χ4v) is 2.85. The van der Waals surface area contributed by atoms with Gasteiger partial charge in [-0.15, -0.1) is 0 Å². The Labute approximate surface area is 147 Å². The smallest absolute Gasteiger partial charge is 0.338 e. The molecule has 136 valence electrons. The summed E-state index contributed by atoms with van der Waals surface area (Å²) in [5, 5.41) is 2.69. The maximum absolute atomic E-state index is 12.8. The molecule has 0 aliphatic carbocycles. The molecule has 26 heavy (non-hydrogen) atoms. The second kappa shape index (κ2) is 7.15. The molecule has 1 saturated heterocycles. The first kappa shape index (κ1) is 17.9. The number of nitrogens with one attached hydrogen (secondary N) is 1. The van der Waals surface area contributed by atoms with Gasteiger partial charge in [-0.25, -0.2) is 0 Å². The Morgan fingerprint density at radius 2 is 2.08 bits per heavy atom. The number of anilines is 1. The second-order valence-electron chi connectivity index (χ2n) is 6.10. The Balaban J connectivity index is 1.64. The number of alkyl halides is 3. The van der Waals surface area contributed by atoms with Crippen LogP contribution >= 0.6 is 0 Å². The molecule has 1 N–H and O–H groups in total. The number of rotatable bonds is 4. The van der Waals surface area contributed by atoms with Crippen molar-refractivity contribution in [1.82, 2.24) is 9.88 Å². The third-order valence-corrected chi connectivity index (χ3v) is 4.14. The van der Waals surface area contributed by atoms with Crippen molar-refractivity contribution < 1.29 is 22.8 Å². The lowest BCUT2D eigenvalue weighted by molar-refractivity contribution is -0.137. The molecule has 3 rings (SSSR count). The first-order chi connectivity index (χ1) is 12.3. The van der Waals surface area contributed by atoms with Gasteiger partial charge in [0.25, 0.3) is 0 Å². The maximum atomic E-state index is 12.8. The van der Waals surface area contributed by atoms with Gasteiger partial charge in [0.2, 0.25) is 11.8 Å². The highest BCUT2D eigenvalue weighted by atomic mass is 19.4. The molecule has 0 radical (unpaired) electrons. The summed E-state index contributed by atoms with van der Waals surface area (Å²) in [5.41, 5.74) is 0.148. The molecule has 1 atom stereocenters. The molecule has 0 spiro atoms. The van der Waals surface area contributed by atoms with Crippen molar-refractivity contribution in [3.63, 3.8) is 0 Å². The van der Waals surface area contributed by atoms with E-state index in [1.54, 1.807) is 18.3 Å². The lowest BCUT2D eigenvalue weighted by atomic mass is 10.1. The average molecular weight is 363 g/mol. The average Bonchev–Trinajstić information content (AvgIpc) is 2.96. The quantitative estimate of drug-likeness (QED) is 0.908. The molecule has 2 aromatic rings. The molecule has 0 bridgehead atoms. The van der Waals surface area contributed by atoms with Gasteiger partial charge in [0.15, 0.2) is 0 Å². The van der Waals surface area contributed by atoms with Gasteiger partial charge in [-0.2, -0.15) is 13.2 Å². The minimum atomic E-state index is -4.43. The molecule has 1 aromatic carbocycles. The number of benzene rings is 1. The minimum absolute atomic E-state index is 0.0328. The summed E-state index contributed by atoms with van der Waals surface area (Å²) >= 11 is 0. The van der Waals surface area contributed by atoms with Crippen LogP contribution in [0.15, 0.2) is 48.8 Å². The summed E-state index contributed by atoms with van der Waals surface area (Å²) in [6, 6.07) is 8.21. The van der Waals surface area contributed by atoms with Crippen LogP contribution in [-0.4, -0.2) is 28.2 Å². The summed E-state index contributed by atoms with van der Waals surface area (Å²) in [6.07, 6.45) is -1.33. The van der Waals surface area contributed by atoms with Crippen molar-refractivity contribution in [3.05, 3.63) is 59.9 Å². The van der Waals surface area contributed by atoms with Gasteiger partial charge < -0.3 is 10.2 Å². The molecule has 5 nitrogen and oxygen atoms in total. The highest BCUT2D eigenvalue weighted by Gasteiger charge is 2.35. The second-order valence-corrected chi connectivity index (χ2v) is 6.10. The van der Waals surface area contributed by atoms with E-state index in [4.69, 9.17) is 0 Å². The van der Waals surface area contributed by atoms with Gasteiger partial charge >= 0.3 is 6.18 Å². The first-order valence-electron chi connectivity index (χ1n) is 7.98. The van der Waals surface area contributed by atoms with Crippen molar-refractivity contribution in [2.24, 2.45) is 5.92 Å². The molecular weight excluding hydrogens is 347 g/mol. The predicted molar refractivity (Wildman–Crippen MR) is 87.8 cm³/mol. The maximum Gasteiger partial charge on any atom is 0.416 e. The van der Waals surface area contributed by atoms with Crippen LogP contribution in [0.1, 0.15) is 17.5 Å². The Kier molecular flexibility index (Phi) is 4.92. The van der Waals surface area contributed by atoms with Gasteiger partial charge in [0.05, 0.1) is 23.4 Å². The van der Waals surface area contributed by atoms with Crippen LogP contribution in [0.5, 0.6) is 0 Å². The van der Waals surface area contributed by atoms with Gasteiger partial charge in [0.1, 0.15) is 0 Å². The van der Waals surface area contributed by atoms with E-state index in [1.165, 1.54) is 23.2 Å². The van der Waals surface area contributed by atoms with E-state index in [2.05, 4.69) is 10.3 Å². The number of likely N-dealkylation sites (tertiary alicyclic amines) is 1. The van der Waals surface area contributed by atoms with Crippen LogP contribution in [0.4, 0.5) is 18.9 Å². The van der Waals surface area contributed by atoms with E-state index in [0.29, 0.717) is 11.3 Å². The molecule has 1 aliphatic heterocycles. The van der Waals surface area contributed by atoms with Crippen LogP contribution in [0.2, 0.25) is 0 Å². The molecule has 0 saturated carbocycles. The van der Waals surface area contributed by atoms with E-state index in [1.807, 2.05) is 0 Å². The summed E-state index contributed by atoms with van der Waals surface area (Å²) in [7, 11) is 0. The van der Waals surface area contributed by atoms with Crippen molar-refractivity contribution in [2.45, 2.75) is 19.1 Å². The summed E-state index contributed by atoms with van der Waals surface area (Å²) < 4.78 is 38.4. The normalized spacial score (nSPS) is 17.4. The third-order valence-electron chi connectivity index (χ3n) is 4.14. The number of hydrogen-bond acceptors (Lipinski definition) is 3. The topological polar surface area (TPSA) is 62.3 Å². The molecule has 1 aliphatic rings. The Hall–Kier alpha value is -2.90. The zero-order valence-electron chi connectivity index (χ0n) is 13.7. The van der Waals surface area contributed by atoms with Gasteiger partial charge in [-0.3, -0.25) is 14.6 Å². The molecule has 1 fully saturated rings. The number of halogens is 3. The Morgan fingerprint density at radius 3 is 2.77 bits per heavy atom. The molecular formula is C18H16F3N3O2. The van der Waals surface area contributed by atoms with E-state index >= 15 is 0 Å². The standard InChI is InChI=1S/C18H16F3N3O2/c19-18(20,21)14-4-1-3-12(7-14)10-24-11-13(8-16(24)25)17(26)23-15-5-2-6-22-9-15/h1-7,9,13H,8,10-11H2,(H,23,26)/t13-/m0/s1. The van der Waals surface area contributed by atoms with E-state index in [0.717, 1.165) is 12.1 Å². The number of carbonyl (C=O) groups excluding carboxylic acids is 2. The molecule has 2 heterocycles. The van der Waals surface area contributed by atoms with Crippen LogP contribution in [-0.2, 0) is 22.3 Å². The molecule has 2 amide bonds. The summed E-state index contributed by atoms with van der Waals surface area (Å²) in [5.74, 6) is -1.11. The molecule has 0 unspecified atom stereocenters. The van der Waals surface area contributed by atoms with Crippen LogP contribution in [0, 0.1) is 5.92 Å². The fourth-order valence-electron chi connectivity index (χ4n) is 2.85. The number of nitrogens with zero attached hydrogens (tertiary/aromatic N) is 2.